The molecule has 2 N–H and O–H groups in total. The smallest absolute Gasteiger partial charge is 0.321 e. The first-order valence-corrected chi connectivity index (χ1v) is 25.9. The molecule has 0 unspecified atom stereocenters. The molecule has 2 aliphatic rings. The summed E-state index contributed by atoms with van der Waals surface area (Å²) in [4.78, 5) is 31.5. The molecule has 2 aliphatic heterocycles. The number of aryl methyl sites for hydroxylation is 3. The van der Waals surface area contributed by atoms with Crippen LogP contribution in [0.5, 0.6) is 0 Å². The zero-order chi connectivity index (χ0) is 49.3. The Bertz CT molecular complexity index is 3230. The van der Waals surface area contributed by atoms with Crippen LogP contribution in [-0.4, -0.2) is 80.7 Å². The van der Waals surface area contributed by atoms with E-state index in [1.807, 2.05) is 72.8 Å². The average Bonchev–Trinajstić information content (AvgIpc) is 4.17. The summed E-state index contributed by atoms with van der Waals surface area (Å²) in [5, 5.41) is 6.47. The first kappa shape index (κ1) is 49.6. The Balaban J connectivity index is 0.000000168. The molecule has 4 heterocycles. The number of sulfonamides is 2. The molecule has 0 atom stereocenters. The van der Waals surface area contributed by atoms with Crippen LogP contribution >= 0.6 is 0 Å². The van der Waals surface area contributed by atoms with Crippen molar-refractivity contribution in [3.63, 3.8) is 0 Å². The Labute approximate surface area is 401 Å². The number of imidazole rings is 1. The predicted octanol–water partition coefficient (Wildman–Crippen LogP) is 6.53. The molecule has 69 heavy (non-hydrogen) atoms. The molecule has 3 amide bonds. The topological polar surface area (TPSA) is 217 Å². The lowest BCUT2D eigenvalue weighted by Gasteiger charge is -2.26. The minimum Gasteiger partial charge on any atom is -0.337 e. The highest BCUT2D eigenvalue weighted by Gasteiger charge is 2.30. The fourth-order valence-corrected chi connectivity index (χ4v) is 10.9. The summed E-state index contributed by atoms with van der Waals surface area (Å²) in [5.41, 5.74) is 4.13. The molecule has 21 heteroatoms. The normalized spacial score (nSPS) is 13.8. The zero-order valence-corrected chi connectivity index (χ0v) is 40.4. The van der Waals surface area contributed by atoms with Crippen molar-refractivity contribution in [2.75, 3.05) is 38.0 Å². The monoisotopic (exact) mass is 993 g/mol. The number of anilines is 4. The van der Waals surface area contributed by atoms with Crippen LogP contribution in [0.3, 0.4) is 0 Å². The number of urea groups is 1. The van der Waals surface area contributed by atoms with Crippen LogP contribution in [0.25, 0.3) is 0 Å². The van der Waals surface area contributed by atoms with Crippen LogP contribution in [-0.2, 0) is 62.1 Å². The summed E-state index contributed by atoms with van der Waals surface area (Å²) in [6, 6.07) is 41.3. The second-order valence-electron chi connectivity index (χ2n) is 15.9. The molecule has 360 valence electrons. The molecular weight excluding hydrogens is 943 g/mol. The van der Waals surface area contributed by atoms with Crippen LogP contribution in [0.1, 0.15) is 29.8 Å². The second kappa shape index (κ2) is 21.3. The minimum absolute atomic E-state index is 0.0619. The first-order chi connectivity index (χ1) is 32.9. The van der Waals surface area contributed by atoms with E-state index < -0.39 is 30.2 Å². The van der Waals surface area contributed by atoms with E-state index in [9.17, 15) is 34.8 Å². The molecular formula is C48H51N9O9S3. The number of nitrogens with zero attached hydrogens (tertiary/aromatic N) is 8. The van der Waals surface area contributed by atoms with Gasteiger partial charge in [0.25, 0.3) is 20.0 Å². The maximum atomic E-state index is 13.5. The number of rotatable bonds is 13. The zero-order valence-electron chi connectivity index (χ0n) is 38.0. The second-order valence-corrected chi connectivity index (χ2v) is 21.0. The van der Waals surface area contributed by atoms with Gasteiger partial charge in [-0.25, -0.2) is 26.6 Å². The van der Waals surface area contributed by atoms with E-state index in [1.54, 1.807) is 97.5 Å². The SMILES string of the molecule is Cc1nc(S(=O)(=O)O)cn1C.Cn1cc(S(=O)(=O)N(Cc2ccccc2)c2cccc(N3CCCC3=O)c2)cn1.O=C1NCCN1c1cccc(N(Cc2ccccc2)S(=O)(=O)c2ccccc2)c1. The van der Waals surface area contributed by atoms with Gasteiger partial charge in [0, 0.05) is 63.9 Å². The highest BCUT2D eigenvalue weighted by molar-refractivity contribution is 7.93. The van der Waals surface area contributed by atoms with Gasteiger partial charge in [-0.05, 0) is 73.0 Å². The van der Waals surface area contributed by atoms with Crippen molar-refractivity contribution in [1.29, 1.82) is 0 Å². The van der Waals surface area contributed by atoms with Crippen molar-refractivity contribution in [2.45, 2.75) is 47.7 Å². The highest BCUT2D eigenvalue weighted by Crippen LogP contribution is 2.32. The maximum absolute atomic E-state index is 13.5. The van der Waals surface area contributed by atoms with E-state index in [1.165, 1.54) is 36.4 Å². The van der Waals surface area contributed by atoms with E-state index in [0.29, 0.717) is 54.6 Å². The Kier molecular flexibility index (Phi) is 15.3. The summed E-state index contributed by atoms with van der Waals surface area (Å²) >= 11 is 0. The van der Waals surface area contributed by atoms with Gasteiger partial charge in [-0.15, -0.1) is 0 Å². The van der Waals surface area contributed by atoms with E-state index in [-0.39, 0.29) is 39.8 Å². The Morgan fingerprint density at radius 2 is 1.16 bits per heavy atom. The van der Waals surface area contributed by atoms with Crippen molar-refractivity contribution < 1.29 is 39.4 Å². The fourth-order valence-electron chi connectivity index (χ4n) is 7.43. The number of nitrogens with one attached hydrogen (secondary N) is 1. The van der Waals surface area contributed by atoms with Gasteiger partial charge in [-0.1, -0.05) is 91.0 Å². The number of aromatic nitrogens is 4. The molecule has 2 aromatic heterocycles. The van der Waals surface area contributed by atoms with Crippen molar-refractivity contribution in [3.05, 3.63) is 175 Å². The molecule has 0 saturated carbocycles. The summed E-state index contributed by atoms with van der Waals surface area (Å²) in [5.74, 6) is 0.601. The van der Waals surface area contributed by atoms with E-state index >= 15 is 0 Å². The van der Waals surface area contributed by atoms with Gasteiger partial charge in [0.05, 0.1) is 35.6 Å². The van der Waals surface area contributed by atoms with E-state index in [2.05, 4.69) is 15.4 Å². The highest BCUT2D eigenvalue weighted by atomic mass is 32.2. The third-order valence-corrected chi connectivity index (χ3v) is 15.3. The van der Waals surface area contributed by atoms with Crippen LogP contribution < -0.4 is 23.7 Å². The maximum Gasteiger partial charge on any atom is 0.321 e. The third-order valence-electron chi connectivity index (χ3n) is 11.1. The van der Waals surface area contributed by atoms with Crippen LogP contribution in [0, 0.1) is 6.92 Å². The van der Waals surface area contributed by atoms with Gasteiger partial charge >= 0.3 is 16.1 Å². The molecule has 5 aromatic carbocycles. The van der Waals surface area contributed by atoms with Gasteiger partial charge in [0.15, 0.2) is 0 Å². The van der Waals surface area contributed by atoms with Gasteiger partial charge in [-0.2, -0.15) is 13.5 Å². The van der Waals surface area contributed by atoms with Crippen LogP contribution in [0.2, 0.25) is 0 Å². The molecule has 2 fully saturated rings. The summed E-state index contributed by atoms with van der Waals surface area (Å²) in [6.07, 6.45) is 5.42. The van der Waals surface area contributed by atoms with Gasteiger partial charge in [-0.3, -0.25) is 27.5 Å². The van der Waals surface area contributed by atoms with E-state index in [0.717, 1.165) is 17.5 Å². The number of hydrogen-bond acceptors (Lipinski definition) is 10. The molecule has 0 spiro atoms. The van der Waals surface area contributed by atoms with Gasteiger partial charge in [0.2, 0.25) is 10.9 Å². The fraction of sp³-hybridized carbons (Fsp3) is 0.208. The third kappa shape index (κ3) is 12.0. The van der Waals surface area contributed by atoms with Crippen LogP contribution in [0.4, 0.5) is 27.5 Å². The van der Waals surface area contributed by atoms with Crippen molar-refractivity contribution >= 4 is 64.9 Å². The largest absolute Gasteiger partial charge is 0.337 e. The van der Waals surface area contributed by atoms with Crippen molar-refractivity contribution in [1.82, 2.24) is 24.6 Å². The number of benzene rings is 5. The Hall–Kier alpha value is -7.33. The summed E-state index contributed by atoms with van der Waals surface area (Å²) < 4.78 is 89.0. The molecule has 9 rings (SSSR count). The average molecular weight is 994 g/mol. The number of hydrogen-bond donors (Lipinski definition) is 2. The number of carbonyl (C=O) groups excluding carboxylic acids is 2. The van der Waals surface area contributed by atoms with Gasteiger partial charge < -0.3 is 14.8 Å². The van der Waals surface area contributed by atoms with Gasteiger partial charge in [0.1, 0.15) is 10.7 Å². The Morgan fingerprint density at radius 1 is 0.638 bits per heavy atom. The molecule has 0 aliphatic carbocycles. The lowest BCUT2D eigenvalue weighted by atomic mass is 10.2. The summed E-state index contributed by atoms with van der Waals surface area (Å²) in [7, 11) is -8.44. The van der Waals surface area contributed by atoms with E-state index in [4.69, 9.17) is 4.55 Å². The lowest BCUT2D eigenvalue weighted by molar-refractivity contribution is -0.117. The first-order valence-electron chi connectivity index (χ1n) is 21.6. The van der Waals surface area contributed by atoms with Crippen molar-refractivity contribution in [3.8, 4) is 0 Å². The van der Waals surface area contributed by atoms with Crippen LogP contribution in [0.15, 0.2) is 173 Å². The molecule has 0 radical (unpaired) electrons. The van der Waals surface area contributed by atoms with Crippen molar-refractivity contribution in [2.24, 2.45) is 14.1 Å². The molecule has 7 aromatic rings. The summed E-state index contributed by atoms with van der Waals surface area (Å²) in [6.45, 7) is 3.78. The molecule has 18 nitrogen and oxygen atoms in total. The molecule has 2 saturated heterocycles. The minimum atomic E-state index is -4.14. The number of carbonyl (C=O) groups is 2. The molecule has 0 bridgehead atoms. The quantitative estimate of drug-likeness (QED) is 0.118. The Morgan fingerprint density at radius 3 is 1.58 bits per heavy atom. The number of amides is 3. The standard InChI is InChI=1S/C22H21N3O3S.C21H22N4O3S.C5H8N2O3S/c26-22-23-14-15-24(22)19-10-7-11-20(16-19)25(17-18-8-3-1-4-9-18)29(27,28)21-12-5-2-6-13-21;1-23-16-20(14-22-23)29(27,28)25(15-17-7-3-2-4-8-17)19-10-5-9-18(13-19)24-12-6-11-21(24)26;1-4-6-5(3-7(4)2)11(8,9)10/h1-13,16H,14-15,17H2,(H,23,26);2-5,7-10,13-14,16H,6,11-12,15H2,1H3;3H,1-2H3,(H,8,9,10). The predicted molar refractivity (Wildman–Crippen MR) is 262 cm³/mol. The lowest BCUT2D eigenvalue weighted by Crippen LogP contribution is -2.31.